The van der Waals surface area contributed by atoms with Crippen molar-refractivity contribution in [2.75, 3.05) is 36.4 Å². The van der Waals surface area contributed by atoms with Crippen LogP contribution in [0, 0.1) is 0 Å². The summed E-state index contributed by atoms with van der Waals surface area (Å²) in [7, 11) is 0. The second-order valence-corrected chi connectivity index (χ2v) is 6.21. The van der Waals surface area contributed by atoms with Gasteiger partial charge in [0.1, 0.15) is 0 Å². The van der Waals surface area contributed by atoms with Crippen LogP contribution >= 0.6 is 23.2 Å². The third kappa shape index (κ3) is 3.89. The maximum absolute atomic E-state index is 12.4. The molecule has 1 aliphatic rings. The van der Waals surface area contributed by atoms with Crippen molar-refractivity contribution >= 4 is 40.6 Å². The summed E-state index contributed by atoms with van der Waals surface area (Å²) in [4.78, 5) is 16.4. The van der Waals surface area contributed by atoms with E-state index in [1.54, 1.807) is 23.1 Å². The van der Waals surface area contributed by atoms with Crippen LogP contribution in [0.5, 0.6) is 0 Å². The first-order valence-corrected chi connectivity index (χ1v) is 8.20. The Kier molecular flexibility index (Phi) is 4.94. The average Bonchev–Trinajstić information content (AvgIpc) is 2.59. The summed E-state index contributed by atoms with van der Waals surface area (Å²) in [5, 5.41) is 3.85. The molecule has 0 atom stereocenters. The SMILES string of the molecule is O=C(Nc1cc(Cl)ccc1Cl)N1CCN(c2ccccc2)CC1. The number of anilines is 2. The average molecular weight is 350 g/mol. The molecule has 23 heavy (non-hydrogen) atoms. The van der Waals surface area contributed by atoms with Gasteiger partial charge in [-0.2, -0.15) is 0 Å². The molecule has 6 heteroatoms. The molecule has 2 aromatic carbocycles. The molecule has 1 saturated heterocycles. The van der Waals surface area contributed by atoms with E-state index in [1.165, 1.54) is 5.69 Å². The van der Waals surface area contributed by atoms with Crippen LogP contribution in [-0.4, -0.2) is 37.1 Å². The zero-order valence-electron chi connectivity index (χ0n) is 12.5. The first-order chi connectivity index (χ1) is 11.1. The summed E-state index contributed by atoms with van der Waals surface area (Å²) in [5.41, 5.74) is 1.72. The molecule has 0 unspecified atom stereocenters. The highest BCUT2D eigenvalue weighted by Gasteiger charge is 2.21. The van der Waals surface area contributed by atoms with Gasteiger partial charge in [-0.1, -0.05) is 41.4 Å². The van der Waals surface area contributed by atoms with Crippen molar-refractivity contribution in [3.63, 3.8) is 0 Å². The fraction of sp³-hybridized carbons (Fsp3) is 0.235. The molecule has 1 fully saturated rings. The maximum atomic E-state index is 12.4. The number of hydrogen-bond acceptors (Lipinski definition) is 2. The van der Waals surface area contributed by atoms with Crippen molar-refractivity contribution in [1.82, 2.24) is 4.90 Å². The van der Waals surface area contributed by atoms with Crippen molar-refractivity contribution in [2.24, 2.45) is 0 Å². The Morgan fingerprint density at radius 1 is 0.957 bits per heavy atom. The van der Waals surface area contributed by atoms with E-state index in [0.717, 1.165) is 13.1 Å². The van der Waals surface area contributed by atoms with Crippen LogP contribution in [0.3, 0.4) is 0 Å². The summed E-state index contributed by atoms with van der Waals surface area (Å²) >= 11 is 12.0. The second kappa shape index (κ2) is 7.11. The van der Waals surface area contributed by atoms with Crippen LogP contribution in [-0.2, 0) is 0 Å². The van der Waals surface area contributed by atoms with Crippen LogP contribution in [0.25, 0.3) is 0 Å². The fourth-order valence-electron chi connectivity index (χ4n) is 2.59. The number of carbonyl (C=O) groups is 1. The summed E-state index contributed by atoms with van der Waals surface area (Å²) in [6, 6.07) is 15.1. The Morgan fingerprint density at radius 3 is 2.35 bits per heavy atom. The van der Waals surface area contributed by atoms with Gasteiger partial charge in [-0.25, -0.2) is 4.79 Å². The highest BCUT2D eigenvalue weighted by molar-refractivity contribution is 6.35. The number of nitrogens with zero attached hydrogens (tertiary/aromatic N) is 2. The molecule has 0 aliphatic carbocycles. The van der Waals surface area contributed by atoms with Crippen LogP contribution in [0.1, 0.15) is 0 Å². The van der Waals surface area contributed by atoms with Gasteiger partial charge in [-0.3, -0.25) is 0 Å². The van der Waals surface area contributed by atoms with E-state index in [2.05, 4.69) is 22.3 Å². The third-order valence-corrected chi connectivity index (χ3v) is 4.42. The van der Waals surface area contributed by atoms with Gasteiger partial charge in [0.05, 0.1) is 10.7 Å². The van der Waals surface area contributed by atoms with Gasteiger partial charge in [0.15, 0.2) is 0 Å². The van der Waals surface area contributed by atoms with Crippen LogP contribution in [0.15, 0.2) is 48.5 Å². The van der Waals surface area contributed by atoms with Gasteiger partial charge in [0.2, 0.25) is 0 Å². The highest BCUT2D eigenvalue weighted by Crippen LogP contribution is 2.26. The number of hydrogen-bond donors (Lipinski definition) is 1. The number of rotatable bonds is 2. The molecule has 0 radical (unpaired) electrons. The number of halogens is 2. The predicted octanol–water partition coefficient (Wildman–Crippen LogP) is 4.35. The van der Waals surface area contributed by atoms with Crippen LogP contribution in [0.4, 0.5) is 16.2 Å². The Morgan fingerprint density at radius 2 is 1.65 bits per heavy atom. The monoisotopic (exact) mass is 349 g/mol. The molecule has 1 heterocycles. The van der Waals surface area contributed by atoms with E-state index in [0.29, 0.717) is 28.8 Å². The number of amides is 2. The standard InChI is InChI=1S/C17H17Cl2N3O/c18-13-6-7-15(19)16(12-13)20-17(23)22-10-8-21(9-11-22)14-4-2-1-3-5-14/h1-7,12H,8-11H2,(H,20,23). The largest absolute Gasteiger partial charge is 0.368 e. The summed E-state index contributed by atoms with van der Waals surface area (Å²) < 4.78 is 0. The zero-order chi connectivity index (χ0) is 16.2. The molecule has 1 N–H and O–H groups in total. The van der Waals surface area contributed by atoms with Crippen LogP contribution < -0.4 is 10.2 Å². The van der Waals surface area contributed by atoms with Gasteiger partial charge in [-0.15, -0.1) is 0 Å². The minimum absolute atomic E-state index is 0.151. The van der Waals surface area contributed by atoms with Gasteiger partial charge >= 0.3 is 6.03 Å². The zero-order valence-corrected chi connectivity index (χ0v) is 14.0. The molecule has 1 aliphatic heterocycles. The lowest BCUT2D eigenvalue weighted by molar-refractivity contribution is 0.208. The number of carbonyl (C=O) groups excluding carboxylic acids is 1. The molecular formula is C17H17Cl2N3O. The number of urea groups is 1. The Hall–Kier alpha value is -1.91. The lowest BCUT2D eigenvalue weighted by atomic mass is 10.2. The normalized spacial score (nSPS) is 14.7. The van der Waals surface area contributed by atoms with Gasteiger partial charge in [0, 0.05) is 36.9 Å². The van der Waals surface area contributed by atoms with Crippen molar-refractivity contribution in [3.8, 4) is 0 Å². The molecule has 120 valence electrons. The molecule has 0 bridgehead atoms. The van der Waals surface area contributed by atoms with Gasteiger partial charge in [0.25, 0.3) is 0 Å². The van der Waals surface area contributed by atoms with E-state index < -0.39 is 0 Å². The second-order valence-electron chi connectivity index (χ2n) is 5.36. The number of para-hydroxylation sites is 1. The smallest absolute Gasteiger partial charge is 0.322 e. The molecule has 2 aromatic rings. The third-order valence-electron chi connectivity index (χ3n) is 3.86. The van der Waals surface area contributed by atoms with E-state index in [4.69, 9.17) is 23.2 Å². The Bertz CT molecular complexity index is 685. The first-order valence-electron chi connectivity index (χ1n) is 7.44. The Balaban J connectivity index is 1.59. The highest BCUT2D eigenvalue weighted by atomic mass is 35.5. The topological polar surface area (TPSA) is 35.6 Å². The maximum Gasteiger partial charge on any atom is 0.322 e. The molecular weight excluding hydrogens is 333 g/mol. The quantitative estimate of drug-likeness (QED) is 0.874. The molecule has 0 spiro atoms. The van der Waals surface area contributed by atoms with E-state index in [9.17, 15) is 4.79 Å². The van der Waals surface area contributed by atoms with E-state index in [1.807, 2.05) is 18.2 Å². The number of nitrogens with one attached hydrogen (secondary N) is 1. The van der Waals surface area contributed by atoms with Crippen molar-refractivity contribution < 1.29 is 4.79 Å². The molecule has 2 amide bonds. The van der Waals surface area contributed by atoms with E-state index >= 15 is 0 Å². The minimum Gasteiger partial charge on any atom is -0.368 e. The van der Waals surface area contributed by atoms with Crippen molar-refractivity contribution in [2.45, 2.75) is 0 Å². The van der Waals surface area contributed by atoms with Crippen LogP contribution in [0.2, 0.25) is 10.0 Å². The molecule has 0 saturated carbocycles. The first kappa shape index (κ1) is 16.0. The van der Waals surface area contributed by atoms with Gasteiger partial charge in [-0.05, 0) is 30.3 Å². The molecule has 3 rings (SSSR count). The van der Waals surface area contributed by atoms with Gasteiger partial charge < -0.3 is 15.1 Å². The summed E-state index contributed by atoms with van der Waals surface area (Å²) in [5.74, 6) is 0. The summed E-state index contributed by atoms with van der Waals surface area (Å²) in [6.07, 6.45) is 0. The van der Waals surface area contributed by atoms with Crippen molar-refractivity contribution in [3.05, 3.63) is 58.6 Å². The fourth-order valence-corrected chi connectivity index (χ4v) is 2.93. The summed E-state index contributed by atoms with van der Waals surface area (Å²) in [6.45, 7) is 2.94. The predicted molar refractivity (Wildman–Crippen MR) is 95.7 cm³/mol. The lowest BCUT2D eigenvalue weighted by Crippen LogP contribution is -2.50. The number of piperazine rings is 1. The minimum atomic E-state index is -0.151. The van der Waals surface area contributed by atoms with Crippen molar-refractivity contribution in [1.29, 1.82) is 0 Å². The van der Waals surface area contributed by atoms with E-state index in [-0.39, 0.29) is 6.03 Å². The molecule has 0 aromatic heterocycles. The molecule has 4 nitrogen and oxygen atoms in total. The Labute approximate surface area is 145 Å². The number of benzene rings is 2. The lowest BCUT2D eigenvalue weighted by Gasteiger charge is -2.36.